The summed E-state index contributed by atoms with van der Waals surface area (Å²) in [7, 11) is 0. The van der Waals surface area contributed by atoms with Gasteiger partial charge < -0.3 is 10.1 Å². The number of ether oxygens (including phenoxy) is 1. The summed E-state index contributed by atoms with van der Waals surface area (Å²) in [6.07, 6.45) is 7.42. The van der Waals surface area contributed by atoms with Crippen LogP contribution in [-0.2, 0) is 11.2 Å². The van der Waals surface area contributed by atoms with Crippen LogP contribution in [0.2, 0.25) is 0 Å². The Hall–Kier alpha value is -0.450. The van der Waals surface area contributed by atoms with Crippen LogP contribution in [0, 0.1) is 0 Å². The Kier molecular flexibility index (Phi) is 4.28. The van der Waals surface area contributed by atoms with E-state index in [4.69, 9.17) is 9.72 Å². The van der Waals surface area contributed by atoms with E-state index in [9.17, 15) is 0 Å². The molecule has 100 valence electrons. The Bertz CT molecular complexity index is 368. The van der Waals surface area contributed by atoms with Gasteiger partial charge in [0.2, 0.25) is 0 Å². The lowest BCUT2D eigenvalue weighted by Gasteiger charge is -2.22. The SMILES string of the molecule is c1sc(C2CCOCC2)nc1CC1CCCCN1. The Morgan fingerprint density at radius 3 is 2.94 bits per heavy atom. The van der Waals surface area contributed by atoms with E-state index in [2.05, 4.69) is 10.7 Å². The van der Waals surface area contributed by atoms with Crippen molar-refractivity contribution in [2.75, 3.05) is 19.8 Å². The molecular formula is C14H22N2OS. The first-order valence-electron chi connectivity index (χ1n) is 7.17. The average molecular weight is 266 g/mol. The Morgan fingerprint density at radius 1 is 1.28 bits per heavy atom. The van der Waals surface area contributed by atoms with E-state index < -0.39 is 0 Å². The van der Waals surface area contributed by atoms with Crippen LogP contribution in [0.5, 0.6) is 0 Å². The number of hydrogen-bond donors (Lipinski definition) is 1. The summed E-state index contributed by atoms with van der Waals surface area (Å²) in [5.41, 5.74) is 1.29. The minimum atomic E-state index is 0.650. The number of nitrogens with zero attached hydrogens (tertiary/aromatic N) is 1. The summed E-state index contributed by atoms with van der Waals surface area (Å²) >= 11 is 1.85. The minimum Gasteiger partial charge on any atom is -0.381 e. The second-order valence-corrected chi connectivity index (χ2v) is 6.30. The first kappa shape index (κ1) is 12.6. The third-order valence-electron chi connectivity index (χ3n) is 4.01. The van der Waals surface area contributed by atoms with Gasteiger partial charge in [-0.2, -0.15) is 0 Å². The van der Waals surface area contributed by atoms with Crippen molar-refractivity contribution in [1.82, 2.24) is 10.3 Å². The van der Waals surface area contributed by atoms with Crippen molar-refractivity contribution in [2.45, 2.75) is 50.5 Å². The zero-order valence-corrected chi connectivity index (χ0v) is 11.7. The van der Waals surface area contributed by atoms with Crippen LogP contribution in [0.4, 0.5) is 0 Å². The van der Waals surface area contributed by atoms with Crippen LogP contribution in [0.3, 0.4) is 0 Å². The quantitative estimate of drug-likeness (QED) is 0.913. The summed E-state index contributed by atoms with van der Waals surface area (Å²) in [4.78, 5) is 4.85. The summed E-state index contributed by atoms with van der Waals surface area (Å²) in [6, 6.07) is 0.656. The highest BCUT2D eigenvalue weighted by Crippen LogP contribution is 2.29. The van der Waals surface area contributed by atoms with Crippen LogP contribution < -0.4 is 5.32 Å². The molecule has 2 fully saturated rings. The molecule has 1 unspecified atom stereocenters. The summed E-state index contributed by atoms with van der Waals surface area (Å²) in [6.45, 7) is 3.00. The van der Waals surface area contributed by atoms with Crippen LogP contribution in [0.25, 0.3) is 0 Å². The highest BCUT2D eigenvalue weighted by atomic mass is 32.1. The normalized spacial score (nSPS) is 26.3. The number of hydrogen-bond acceptors (Lipinski definition) is 4. The van der Waals surface area contributed by atoms with Crippen molar-refractivity contribution in [1.29, 1.82) is 0 Å². The van der Waals surface area contributed by atoms with Gasteiger partial charge in [0.25, 0.3) is 0 Å². The highest BCUT2D eigenvalue weighted by Gasteiger charge is 2.20. The maximum Gasteiger partial charge on any atom is 0.0960 e. The largest absolute Gasteiger partial charge is 0.381 e. The molecule has 1 aromatic heterocycles. The van der Waals surface area contributed by atoms with Crippen molar-refractivity contribution in [3.8, 4) is 0 Å². The number of thiazole rings is 1. The van der Waals surface area contributed by atoms with Gasteiger partial charge in [0, 0.05) is 37.0 Å². The van der Waals surface area contributed by atoms with E-state index in [1.807, 2.05) is 11.3 Å². The fourth-order valence-corrected chi connectivity index (χ4v) is 3.90. The third-order valence-corrected chi connectivity index (χ3v) is 5.06. The van der Waals surface area contributed by atoms with Crippen LogP contribution in [0.15, 0.2) is 5.38 Å². The molecule has 3 rings (SSSR count). The van der Waals surface area contributed by atoms with Crippen molar-refractivity contribution >= 4 is 11.3 Å². The number of piperidine rings is 1. The van der Waals surface area contributed by atoms with Gasteiger partial charge >= 0.3 is 0 Å². The van der Waals surface area contributed by atoms with Crippen LogP contribution >= 0.6 is 11.3 Å². The predicted octanol–water partition coefficient (Wildman–Crippen LogP) is 2.72. The first-order valence-corrected chi connectivity index (χ1v) is 8.05. The summed E-state index contributed by atoms with van der Waals surface area (Å²) in [5.74, 6) is 0.650. The fourth-order valence-electron chi connectivity index (χ4n) is 2.90. The summed E-state index contributed by atoms with van der Waals surface area (Å²) in [5, 5.41) is 7.20. The molecule has 3 heterocycles. The molecule has 0 radical (unpaired) electrons. The van der Waals surface area contributed by atoms with Gasteiger partial charge in [0.15, 0.2) is 0 Å². The van der Waals surface area contributed by atoms with E-state index in [0.717, 1.165) is 32.5 Å². The van der Waals surface area contributed by atoms with E-state index in [-0.39, 0.29) is 0 Å². The van der Waals surface area contributed by atoms with E-state index in [0.29, 0.717) is 12.0 Å². The molecule has 0 bridgehead atoms. The lowest BCUT2D eigenvalue weighted by Crippen LogP contribution is -2.35. The van der Waals surface area contributed by atoms with E-state index >= 15 is 0 Å². The van der Waals surface area contributed by atoms with Gasteiger partial charge in [-0.25, -0.2) is 4.98 Å². The van der Waals surface area contributed by atoms with E-state index in [1.165, 1.54) is 36.5 Å². The smallest absolute Gasteiger partial charge is 0.0960 e. The topological polar surface area (TPSA) is 34.1 Å². The molecule has 0 aromatic carbocycles. The van der Waals surface area contributed by atoms with Gasteiger partial charge in [-0.05, 0) is 32.2 Å². The van der Waals surface area contributed by atoms with Crippen LogP contribution in [-0.4, -0.2) is 30.8 Å². The predicted molar refractivity (Wildman–Crippen MR) is 74.3 cm³/mol. The summed E-state index contributed by atoms with van der Waals surface area (Å²) < 4.78 is 5.42. The number of aromatic nitrogens is 1. The van der Waals surface area contributed by atoms with Crippen molar-refractivity contribution < 1.29 is 4.74 Å². The van der Waals surface area contributed by atoms with E-state index in [1.54, 1.807) is 0 Å². The molecule has 2 aliphatic heterocycles. The molecule has 1 N–H and O–H groups in total. The Balaban J connectivity index is 1.58. The second-order valence-electron chi connectivity index (χ2n) is 5.41. The Morgan fingerprint density at radius 2 is 2.17 bits per heavy atom. The molecule has 0 spiro atoms. The molecule has 1 atom stereocenters. The zero-order chi connectivity index (χ0) is 12.2. The molecular weight excluding hydrogens is 244 g/mol. The van der Waals surface area contributed by atoms with Crippen molar-refractivity contribution in [3.05, 3.63) is 16.1 Å². The molecule has 3 nitrogen and oxygen atoms in total. The van der Waals surface area contributed by atoms with Gasteiger partial charge in [-0.15, -0.1) is 11.3 Å². The second kappa shape index (κ2) is 6.13. The molecule has 0 aliphatic carbocycles. The number of nitrogens with one attached hydrogen (secondary N) is 1. The van der Waals surface area contributed by atoms with Crippen molar-refractivity contribution in [3.63, 3.8) is 0 Å². The molecule has 1 aromatic rings. The minimum absolute atomic E-state index is 0.650. The molecule has 4 heteroatoms. The van der Waals surface area contributed by atoms with Gasteiger partial charge in [0.1, 0.15) is 0 Å². The van der Waals surface area contributed by atoms with Crippen molar-refractivity contribution in [2.24, 2.45) is 0 Å². The standard InChI is InChI=1S/C14H22N2OS/c1-2-6-15-12(3-1)9-13-10-18-14(16-13)11-4-7-17-8-5-11/h10-12,15H,1-9H2. The molecule has 0 saturated carbocycles. The Labute approximate surface area is 113 Å². The average Bonchev–Trinajstić information content (AvgIpc) is 2.89. The van der Waals surface area contributed by atoms with Gasteiger partial charge in [0.05, 0.1) is 10.7 Å². The van der Waals surface area contributed by atoms with Gasteiger partial charge in [-0.3, -0.25) is 0 Å². The monoisotopic (exact) mass is 266 g/mol. The fraction of sp³-hybridized carbons (Fsp3) is 0.786. The van der Waals surface area contributed by atoms with Crippen LogP contribution in [0.1, 0.15) is 48.7 Å². The molecule has 18 heavy (non-hydrogen) atoms. The third kappa shape index (κ3) is 3.11. The maximum atomic E-state index is 5.42. The first-order chi connectivity index (χ1) is 8.92. The highest BCUT2D eigenvalue weighted by molar-refractivity contribution is 7.09. The molecule has 2 aliphatic rings. The van der Waals surface area contributed by atoms with Gasteiger partial charge in [-0.1, -0.05) is 6.42 Å². The lowest BCUT2D eigenvalue weighted by molar-refractivity contribution is 0.0852. The molecule has 2 saturated heterocycles. The maximum absolute atomic E-state index is 5.42. The molecule has 0 amide bonds. The lowest BCUT2D eigenvalue weighted by atomic mass is 10.00. The zero-order valence-electron chi connectivity index (χ0n) is 10.9. The number of rotatable bonds is 3.